The van der Waals surface area contributed by atoms with Crippen molar-refractivity contribution in [2.75, 3.05) is 13.9 Å². The molecule has 0 atom stereocenters. The molecule has 0 spiro atoms. The van der Waals surface area contributed by atoms with Crippen LogP contribution in [0.25, 0.3) is 10.9 Å². The van der Waals surface area contributed by atoms with Gasteiger partial charge in [0, 0.05) is 14.5 Å². The lowest BCUT2D eigenvalue weighted by molar-refractivity contribution is 0.174. The second-order valence-corrected chi connectivity index (χ2v) is 10.3. The van der Waals surface area contributed by atoms with Gasteiger partial charge < -0.3 is 18.9 Å². The lowest BCUT2D eigenvalue weighted by Gasteiger charge is -2.15. The van der Waals surface area contributed by atoms with E-state index in [9.17, 15) is 4.79 Å². The SMILES string of the molecule is COc1cc(C=Nn2c(C)nc3ccc(Br)cc3c2=O)c(Br)c(Br)c1OCc1ccc2c(c1)OCO2. The summed E-state index contributed by atoms with van der Waals surface area (Å²) in [6, 6.07) is 12.8. The normalized spacial score (nSPS) is 12.5. The number of nitrogens with zero attached hydrogens (tertiary/aromatic N) is 3. The van der Waals surface area contributed by atoms with Crippen molar-refractivity contribution >= 4 is 64.9 Å². The minimum absolute atomic E-state index is 0.216. The molecule has 1 aromatic heterocycles. The van der Waals surface area contributed by atoms with Gasteiger partial charge in [0.25, 0.3) is 5.56 Å². The number of ether oxygens (including phenoxy) is 4. The summed E-state index contributed by atoms with van der Waals surface area (Å²) in [5, 5.41) is 4.89. The monoisotopic (exact) mass is 677 g/mol. The maximum absolute atomic E-state index is 13.0. The molecular weight excluding hydrogens is 662 g/mol. The van der Waals surface area contributed by atoms with E-state index in [2.05, 4.69) is 57.9 Å². The van der Waals surface area contributed by atoms with Gasteiger partial charge in [-0.3, -0.25) is 4.79 Å². The quantitative estimate of drug-likeness (QED) is 0.226. The largest absolute Gasteiger partial charge is 0.493 e. The van der Waals surface area contributed by atoms with Crippen LogP contribution in [-0.2, 0) is 6.61 Å². The molecule has 0 saturated heterocycles. The molecule has 8 nitrogen and oxygen atoms in total. The van der Waals surface area contributed by atoms with Gasteiger partial charge >= 0.3 is 0 Å². The maximum Gasteiger partial charge on any atom is 0.282 e. The molecule has 0 N–H and O–H groups in total. The Hall–Kier alpha value is -2.89. The second-order valence-electron chi connectivity index (χ2n) is 7.78. The zero-order valence-corrected chi connectivity index (χ0v) is 23.8. The third kappa shape index (κ3) is 4.74. The molecule has 36 heavy (non-hydrogen) atoms. The van der Waals surface area contributed by atoms with Crippen molar-refractivity contribution < 1.29 is 18.9 Å². The fourth-order valence-electron chi connectivity index (χ4n) is 3.69. The molecule has 184 valence electrons. The molecule has 0 radical (unpaired) electrons. The van der Waals surface area contributed by atoms with E-state index in [1.54, 1.807) is 38.4 Å². The van der Waals surface area contributed by atoms with Crippen LogP contribution in [0.1, 0.15) is 17.0 Å². The maximum atomic E-state index is 13.0. The molecule has 5 rings (SSSR count). The number of rotatable bonds is 6. The van der Waals surface area contributed by atoms with Gasteiger partial charge in [-0.1, -0.05) is 22.0 Å². The molecule has 2 heterocycles. The van der Waals surface area contributed by atoms with Crippen molar-refractivity contribution in [3.63, 3.8) is 0 Å². The summed E-state index contributed by atoms with van der Waals surface area (Å²) in [6.07, 6.45) is 1.57. The van der Waals surface area contributed by atoms with Crippen LogP contribution in [0.3, 0.4) is 0 Å². The van der Waals surface area contributed by atoms with Gasteiger partial charge in [0.15, 0.2) is 23.0 Å². The third-order valence-corrected chi connectivity index (χ3v) is 8.11. The summed E-state index contributed by atoms with van der Waals surface area (Å²) < 4.78 is 25.9. The number of benzene rings is 3. The highest BCUT2D eigenvalue weighted by Crippen LogP contribution is 2.43. The molecule has 0 unspecified atom stereocenters. The average Bonchev–Trinajstić information content (AvgIpc) is 3.34. The van der Waals surface area contributed by atoms with Crippen LogP contribution < -0.4 is 24.5 Å². The first-order chi connectivity index (χ1) is 17.4. The molecule has 0 aliphatic carbocycles. The first-order valence-corrected chi connectivity index (χ1v) is 13.0. The van der Waals surface area contributed by atoms with Crippen LogP contribution in [0.4, 0.5) is 0 Å². The second kappa shape index (κ2) is 10.2. The molecule has 0 saturated carbocycles. The Bertz CT molecular complexity index is 1590. The van der Waals surface area contributed by atoms with Crippen LogP contribution in [0.15, 0.2) is 65.8 Å². The highest BCUT2D eigenvalue weighted by molar-refractivity contribution is 9.13. The summed E-state index contributed by atoms with van der Waals surface area (Å²) in [4.78, 5) is 17.5. The van der Waals surface area contributed by atoms with E-state index in [1.807, 2.05) is 24.3 Å². The van der Waals surface area contributed by atoms with Crippen molar-refractivity contribution in [3.8, 4) is 23.0 Å². The van der Waals surface area contributed by atoms with Crippen LogP contribution in [-0.4, -0.2) is 29.8 Å². The number of halogens is 3. The Morgan fingerprint density at radius 3 is 2.69 bits per heavy atom. The Morgan fingerprint density at radius 2 is 1.89 bits per heavy atom. The smallest absolute Gasteiger partial charge is 0.282 e. The standard InChI is InChI=1S/C25H18Br3N3O5/c1-13-30-18-5-4-16(26)9-17(18)25(32)31(13)29-10-15-8-21(33-2)24(23(28)22(15)27)34-11-14-3-6-19-20(7-14)36-12-35-19/h3-10H,11-12H2,1-2H3. The minimum Gasteiger partial charge on any atom is -0.493 e. The van der Waals surface area contributed by atoms with E-state index < -0.39 is 0 Å². The van der Waals surface area contributed by atoms with Crippen LogP contribution in [0.5, 0.6) is 23.0 Å². The van der Waals surface area contributed by atoms with Crippen molar-refractivity contribution in [2.45, 2.75) is 13.5 Å². The Labute approximate surface area is 231 Å². The number of methoxy groups -OCH3 is 1. The lowest BCUT2D eigenvalue weighted by Crippen LogP contribution is -2.20. The van der Waals surface area contributed by atoms with E-state index in [1.165, 1.54) is 4.68 Å². The molecule has 1 aliphatic heterocycles. The van der Waals surface area contributed by atoms with Crippen molar-refractivity contribution in [3.05, 3.63) is 83.2 Å². The predicted octanol–water partition coefficient (Wildman–Crippen LogP) is 6.19. The highest BCUT2D eigenvalue weighted by atomic mass is 79.9. The molecule has 0 fully saturated rings. The third-order valence-electron chi connectivity index (χ3n) is 5.48. The Kier molecular flexibility index (Phi) is 7.05. The van der Waals surface area contributed by atoms with Gasteiger partial charge in [-0.2, -0.15) is 9.78 Å². The molecule has 3 aromatic carbocycles. The van der Waals surface area contributed by atoms with E-state index in [0.29, 0.717) is 60.8 Å². The van der Waals surface area contributed by atoms with Crippen molar-refractivity contribution in [2.24, 2.45) is 5.10 Å². The molecule has 4 aromatic rings. The lowest BCUT2D eigenvalue weighted by atomic mass is 10.2. The number of fused-ring (bicyclic) bond motifs is 2. The average molecular weight is 680 g/mol. The Balaban J connectivity index is 1.45. The van der Waals surface area contributed by atoms with Gasteiger partial charge in [-0.05, 0) is 80.7 Å². The number of hydrogen-bond acceptors (Lipinski definition) is 7. The Morgan fingerprint density at radius 1 is 1.08 bits per heavy atom. The van der Waals surface area contributed by atoms with Gasteiger partial charge in [0.05, 0.1) is 28.7 Å². The molecule has 0 amide bonds. The summed E-state index contributed by atoms with van der Waals surface area (Å²) in [5.41, 5.74) is 1.94. The zero-order chi connectivity index (χ0) is 25.4. The van der Waals surface area contributed by atoms with E-state index in [0.717, 1.165) is 10.0 Å². The summed E-state index contributed by atoms with van der Waals surface area (Å²) in [7, 11) is 1.56. The van der Waals surface area contributed by atoms with E-state index >= 15 is 0 Å². The van der Waals surface area contributed by atoms with Crippen molar-refractivity contribution in [1.82, 2.24) is 9.66 Å². The molecular formula is C25H18Br3N3O5. The number of aromatic nitrogens is 2. The summed E-state index contributed by atoms with van der Waals surface area (Å²) in [5.74, 6) is 2.89. The van der Waals surface area contributed by atoms with E-state index in [4.69, 9.17) is 18.9 Å². The van der Waals surface area contributed by atoms with Crippen LogP contribution in [0, 0.1) is 6.92 Å². The minimum atomic E-state index is -0.263. The van der Waals surface area contributed by atoms with Gasteiger partial charge in [-0.15, -0.1) is 0 Å². The molecule has 1 aliphatic rings. The molecule has 0 bridgehead atoms. The van der Waals surface area contributed by atoms with Gasteiger partial charge in [-0.25, -0.2) is 4.98 Å². The van der Waals surface area contributed by atoms with Crippen molar-refractivity contribution in [1.29, 1.82) is 0 Å². The predicted molar refractivity (Wildman–Crippen MR) is 147 cm³/mol. The summed E-state index contributed by atoms with van der Waals surface area (Å²) >= 11 is 10.6. The fraction of sp³-hybridized carbons (Fsp3) is 0.160. The first kappa shape index (κ1) is 24.8. The molecule has 11 heteroatoms. The first-order valence-electron chi connectivity index (χ1n) is 10.7. The van der Waals surface area contributed by atoms with E-state index in [-0.39, 0.29) is 12.4 Å². The number of hydrogen-bond donors (Lipinski definition) is 0. The topological polar surface area (TPSA) is 84.2 Å². The van der Waals surface area contributed by atoms with Crippen LogP contribution in [0.2, 0.25) is 0 Å². The van der Waals surface area contributed by atoms with Crippen LogP contribution >= 0.6 is 47.8 Å². The highest BCUT2D eigenvalue weighted by Gasteiger charge is 2.18. The number of aryl methyl sites for hydroxylation is 1. The zero-order valence-electron chi connectivity index (χ0n) is 19.0. The summed E-state index contributed by atoms with van der Waals surface area (Å²) in [6.45, 7) is 2.24. The van der Waals surface area contributed by atoms with Gasteiger partial charge in [0.1, 0.15) is 12.4 Å². The van der Waals surface area contributed by atoms with Gasteiger partial charge in [0.2, 0.25) is 6.79 Å². The fourth-order valence-corrected chi connectivity index (χ4v) is 4.98.